The highest BCUT2D eigenvalue weighted by atomic mass is 16.5. The molecule has 0 aromatic heterocycles. The van der Waals surface area contributed by atoms with Crippen LogP contribution >= 0.6 is 0 Å². The molecule has 0 bridgehead atoms. The lowest BCUT2D eigenvalue weighted by Crippen LogP contribution is -2.21. The van der Waals surface area contributed by atoms with Crippen molar-refractivity contribution in [3.63, 3.8) is 0 Å². The van der Waals surface area contributed by atoms with Crippen LogP contribution in [-0.4, -0.2) is 19.2 Å². The fraction of sp³-hybridized carbons (Fsp3) is 0.625. The van der Waals surface area contributed by atoms with Crippen LogP contribution in [0.4, 0.5) is 11.4 Å². The molecule has 1 aliphatic heterocycles. The Labute approximate surface area is 115 Å². The van der Waals surface area contributed by atoms with Gasteiger partial charge in [0.15, 0.2) is 0 Å². The predicted octanol–water partition coefficient (Wildman–Crippen LogP) is 3.29. The number of benzene rings is 1. The zero-order valence-electron chi connectivity index (χ0n) is 11.9. The smallest absolute Gasteiger partial charge is 0.144 e. The second-order valence-corrected chi connectivity index (χ2v) is 6.24. The third-order valence-electron chi connectivity index (χ3n) is 4.45. The Balaban J connectivity index is 1.78. The van der Waals surface area contributed by atoms with Gasteiger partial charge in [-0.1, -0.05) is 6.42 Å². The monoisotopic (exact) mass is 260 g/mol. The molecule has 3 rings (SSSR count). The lowest BCUT2D eigenvalue weighted by atomic mass is 10.0. The zero-order chi connectivity index (χ0) is 13.4. The van der Waals surface area contributed by atoms with E-state index in [0.29, 0.717) is 0 Å². The lowest BCUT2D eigenvalue weighted by molar-refractivity contribution is 0.244. The van der Waals surface area contributed by atoms with Gasteiger partial charge in [-0.05, 0) is 50.7 Å². The summed E-state index contributed by atoms with van der Waals surface area (Å²) in [6, 6.07) is 6.21. The van der Waals surface area contributed by atoms with Crippen molar-refractivity contribution in [2.24, 2.45) is 11.8 Å². The van der Waals surface area contributed by atoms with Crippen LogP contribution in [0.3, 0.4) is 0 Å². The van der Waals surface area contributed by atoms with E-state index in [1.807, 2.05) is 19.9 Å². The summed E-state index contributed by atoms with van der Waals surface area (Å²) in [4.78, 5) is 2.50. The van der Waals surface area contributed by atoms with E-state index in [2.05, 4.69) is 17.0 Å². The summed E-state index contributed by atoms with van der Waals surface area (Å²) < 4.78 is 5.79. The molecule has 1 heterocycles. The van der Waals surface area contributed by atoms with E-state index in [4.69, 9.17) is 10.5 Å². The molecule has 1 saturated carbocycles. The van der Waals surface area contributed by atoms with Gasteiger partial charge in [0.25, 0.3) is 0 Å². The molecule has 1 aromatic carbocycles. The largest absolute Gasteiger partial charge is 0.489 e. The van der Waals surface area contributed by atoms with Crippen LogP contribution in [-0.2, 0) is 0 Å². The molecule has 0 radical (unpaired) electrons. The number of rotatable bonds is 3. The van der Waals surface area contributed by atoms with Gasteiger partial charge in [0.05, 0.1) is 11.8 Å². The average molecular weight is 260 g/mol. The van der Waals surface area contributed by atoms with E-state index in [1.54, 1.807) is 0 Å². The van der Waals surface area contributed by atoms with E-state index < -0.39 is 0 Å². The normalized spacial score (nSPS) is 25.9. The van der Waals surface area contributed by atoms with Crippen LogP contribution in [0.5, 0.6) is 5.75 Å². The van der Waals surface area contributed by atoms with Gasteiger partial charge in [-0.25, -0.2) is 0 Å². The van der Waals surface area contributed by atoms with Gasteiger partial charge in [0, 0.05) is 24.8 Å². The minimum absolute atomic E-state index is 0.163. The molecule has 104 valence electrons. The molecule has 0 spiro atoms. The topological polar surface area (TPSA) is 38.5 Å². The van der Waals surface area contributed by atoms with Crippen molar-refractivity contribution in [1.82, 2.24) is 0 Å². The Hall–Kier alpha value is -1.38. The summed E-state index contributed by atoms with van der Waals surface area (Å²) in [7, 11) is 0. The van der Waals surface area contributed by atoms with Crippen molar-refractivity contribution in [3.05, 3.63) is 18.2 Å². The quantitative estimate of drug-likeness (QED) is 0.848. The molecule has 3 nitrogen and oxygen atoms in total. The maximum absolute atomic E-state index is 5.98. The second kappa shape index (κ2) is 4.95. The highest BCUT2D eigenvalue weighted by molar-refractivity contribution is 5.62. The molecule has 0 amide bonds. The van der Waals surface area contributed by atoms with E-state index in [1.165, 1.54) is 38.0 Å². The van der Waals surface area contributed by atoms with Gasteiger partial charge in [-0.2, -0.15) is 0 Å². The van der Waals surface area contributed by atoms with Gasteiger partial charge in [0.1, 0.15) is 5.75 Å². The van der Waals surface area contributed by atoms with Crippen molar-refractivity contribution >= 4 is 11.4 Å². The van der Waals surface area contributed by atoms with Gasteiger partial charge >= 0.3 is 0 Å². The Bertz CT molecular complexity index is 446. The van der Waals surface area contributed by atoms with Gasteiger partial charge < -0.3 is 15.4 Å². The van der Waals surface area contributed by atoms with E-state index in [9.17, 15) is 0 Å². The summed E-state index contributed by atoms with van der Waals surface area (Å²) in [5.41, 5.74) is 7.98. The predicted molar refractivity (Wildman–Crippen MR) is 79.7 cm³/mol. The molecule has 1 aliphatic carbocycles. The third kappa shape index (κ3) is 2.51. The molecule has 3 heteroatoms. The molecule has 2 unspecified atom stereocenters. The standard InChI is InChI=1S/C16H24N2O/c1-11(2)19-16-8-14(6-7-15(16)17)18-9-12-4-3-5-13(12)10-18/h6-8,11-13H,3-5,9-10,17H2,1-2H3. The van der Waals surface area contributed by atoms with Crippen LogP contribution in [0.2, 0.25) is 0 Å². The van der Waals surface area contributed by atoms with Crippen molar-refractivity contribution in [1.29, 1.82) is 0 Å². The molecule has 2 N–H and O–H groups in total. The highest BCUT2D eigenvalue weighted by Crippen LogP contribution is 2.40. The molecule has 1 aromatic rings. The van der Waals surface area contributed by atoms with E-state index in [0.717, 1.165) is 23.3 Å². The van der Waals surface area contributed by atoms with Crippen LogP contribution in [0.25, 0.3) is 0 Å². The van der Waals surface area contributed by atoms with Gasteiger partial charge in [0.2, 0.25) is 0 Å². The number of fused-ring (bicyclic) bond motifs is 1. The lowest BCUT2D eigenvalue weighted by Gasteiger charge is -2.21. The van der Waals surface area contributed by atoms with Gasteiger partial charge in [-0.15, -0.1) is 0 Å². The average Bonchev–Trinajstić information content (AvgIpc) is 2.91. The highest BCUT2D eigenvalue weighted by Gasteiger charge is 2.36. The fourth-order valence-corrected chi connectivity index (χ4v) is 3.52. The maximum Gasteiger partial charge on any atom is 0.144 e. The van der Waals surface area contributed by atoms with Crippen LogP contribution in [0, 0.1) is 11.8 Å². The van der Waals surface area contributed by atoms with E-state index in [-0.39, 0.29) is 6.10 Å². The van der Waals surface area contributed by atoms with E-state index >= 15 is 0 Å². The summed E-state index contributed by atoms with van der Waals surface area (Å²) in [6.07, 6.45) is 4.40. The summed E-state index contributed by atoms with van der Waals surface area (Å²) in [5.74, 6) is 2.64. The Morgan fingerprint density at radius 3 is 2.53 bits per heavy atom. The fourth-order valence-electron chi connectivity index (χ4n) is 3.52. The Morgan fingerprint density at radius 1 is 1.21 bits per heavy atom. The first-order valence-electron chi connectivity index (χ1n) is 7.44. The first-order chi connectivity index (χ1) is 9.13. The number of anilines is 2. The number of nitrogen functional groups attached to an aromatic ring is 1. The summed E-state index contributed by atoms with van der Waals surface area (Å²) in [6.45, 7) is 6.48. The number of nitrogens with two attached hydrogens (primary N) is 1. The molecular weight excluding hydrogens is 236 g/mol. The van der Waals surface area contributed by atoms with Crippen molar-refractivity contribution in [3.8, 4) is 5.75 Å². The number of nitrogens with zero attached hydrogens (tertiary/aromatic N) is 1. The summed E-state index contributed by atoms with van der Waals surface area (Å²) in [5, 5.41) is 0. The zero-order valence-corrected chi connectivity index (χ0v) is 11.9. The SMILES string of the molecule is CC(C)Oc1cc(N2CC3CCCC3C2)ccc1N. The number of hydrogen-bond donors (Lipinski definition) is 1. The first kappa shape index (κ1) is 12.6. The molecule has 2 atom stereocenters. The third-order valence-corrected chi connectivity index (χ3v) is 4.45. The molecule has 19 heavy (non-hydrogen) atoms. The number of hydrogen-bond acceptors (Lipinski definition) is 3. The van der Waals surface area contributed by atoms with Gasteiger partial charge in [-0.3, -0.25) is 0 Å². The minimum Gasteiger partial charge on any atom is -0.489 e. The molecule has 2 fully saturated rings. The number of ether oxygens (including phenoxy) is 1. The summed E-state index contributed by atoms with van der Waals surface area (Å²) >= 11 is 0. The van der Waals surface area contributed by atoms with Crippen molar-refractivity contribution in [2.75, 3.05) is 23.7 Å². The van der Waals surface area contributed by atoms with Crippen LogP contribution < -0.4 is 15.4 Å². The molecule has 1 saturated heterocycles. The minimum atomic E-state index is 0.163. The van der Waals surface area contributed by atoms with Crippen molar-refractivity contribution < 1.29 is 4.74 Å². The maximum atomic E-state index is 5.98. The second-order valence-electron chi connectivity index (χ2n) is 6.24. The van der Waals surface area contributed by atoms with Crippen LogP contribution in [0.15, 0.2) is 18.2 Å². The molecule has 2 aliphatic rings. The Morgan fingerprint density at radius 2 is 1.89 bits per heavy atom. The van der Waals surface area contributed by atoms with Crippen LogP contribution in [0.1, 0.15) is 33.1 Å². The Kier molecular flexibility index (Phi) is 3.29. The molecular formula is C16H24N2O. The first-order valence-corrected chi connectivity index (χ1v) is 7.44. The van der Waals surface area contributed by atoms with Crippen molar-refractivity contribution in [2.45, 2.75) is 39.2 Å².